The van der Waals surface area contributed by atoms with Crippen LogP contribution in [0.5, 0.6) is 0 Å². The molecule has 1 aliphatic rings. The van der Waals surface area contributed by atoms with Crippen LogP contribution >= 0.6 is 11.3 Å². The Morgan fingerprint density at radius 3 is 2.41 bits per heavy atom. The number of hydrogen-bond donors (Lipinski definition) is 0. The van der Waals surface area contributed by atoms with Gasteiger partial charge in [0.15, 0.2) is 5.13 Å². The topological polar surface area (TPSA) is 88.4 Å². The Morgan fingerprint density at radius 2 is 1.77 bits per heavy atom. The van der Waals surface area contributed by atoms with E-state index in [1.54, 1.807) is 33.5 Å². The van der Waals surface area contributed by atoms with Crippen LogP contribution in [0, 0.1) is 13.8 Å². The van der Waals surface area contributed by atoms with Gasteiger partial charge in [-0.05, 0) is 74.6 Å². The fourth-order valence-electron chi connectivity index (χ4n) is 5.10. The molecule has 10 heteroatoms. The predicted molar refractivity (Wildman–Crippen MR) is 156 cm³/mol. The van der Waals surface area contributed by atoms with Gasteiger partial charge < -0.3 is 0 Å². The minimum atomic E-state index is -3.57. The van der Waals surface area contributed by atoms with Crippen molar-refractivity contribution in [1.82, 2.24) is 19.1 Å². The molecule has 1 saturated heterocycles. The van der Waals surface area contributed by atoms with Gasteiger partial charge in [0.25, 0.3) is 5.91 Å². The Morgan fingerprint density at radius 1 is 1.05 bits per heavy atom. The molecule has 1 aliphatic heterocycles. The van der Waals surface area contributed by atoms with Crippen LogP contribution in [0.25, 0.3) is 10.2 Å². The third-order valence-corrected chi connectivity index (χ3v) is 10.2. The summed E-state index contributed by atoms with van der Waals surface area (Å²) in [7, 11) is -3.57. The molecule has 0 radical (unpaired) electrons. The standard InChI is InChI=1S/C29H35N5O3S2/c1-20(2)25-9-8-10-26-27(25)30-29(38-26)33(17-18-34-22(4)19-21(3)31-34)28(35)23-11-13-24(14-12-23)39(36,37)32-15-6-5-7-16-32/h8-14,19-20H,5-7,15-18H2,1-4H3. The van der Waals surface area contributed by atoms with Gasteiger partial charge in [-0.1, -0.05) is 43.7 Å². The molecule has 206 valence electrons. The normalized spacial score (nSPS) is 14.8. The average molecular weight is 566 g/mol. The number of amides is 1. The zero-order valence-electron chi connectivity index (χ0n) is 22.9. The number of sulfonamides is 1. The first-order valence-corrected chi connectivity index (χ1v) is 15.7. The van der Waals surface area contributed by atoms with E-state index in [1.807, 2.05) is 36.7 Å². The van der Waals surface area contributed by atoms with Gasteiger partial charge in [-0.15, -0.1) is 0 Å². The lowest BCUT2D eigenvalue weighted by Gasteiger charge is -2.26. The molecule has 3 heterocycles. The Kier molecular flexibility index (Phi) is 7.89. The van der Waals surface area contributed by atoms with Gasteiger partial charge in [0.05, 0.1) is 27.4 Å². The van der Waals surface area contributed by atoms with Gasteiger partial charge in [0, 0.05) is 30.9 Å². The number of benzene rings is 2. The van der Waals surface area contributed by atoms with E-state index in [0.29, 0.717) is 42.8 Å². The number of rotatable bonds is 8. The van der Waals surface area contributed by atoms with Crippen molar-refractivity contribution in [2.24, 2.45) is 0 Å². The zero-order valence-corrected chi connectivity index (χ0v) is 24.6. The summed E-state index contributed by atoms with van der Waals surface area (Å²) in [4.78, 5) is 20.8. The van der Waals surface area contributed by atoms with Crippen molar-refractivity contribution < 1.29 is 13.2 Å². The van der Waals surface area contributed by atoms with E-state index in [4.69, 9.17) is 4.98 Å². The number of carbonyl (C=O) groups excluding carboxylic acids is 1. The molecule has 39 heavy (non-hydrogen) atoms. The van der Waals surface area contributed by atoms with Crippen LogP contribution in [-0.2, 0) is 16.6 Å². The highest BCUT2D eigenvalue weighted by molar-refractivity contribution is 7.89. The van der Waals surface area contributed by atoms with Crippen LogP contribution in [0.2, 0.25) is 0 Å². The number of piperidine rings is 1. The highest BCUT2D eigenvalue weighted by atomic mass is 32.2. The van der Waals surface area contributed by atoms with E-state index >= 15 is 0 Å². The number of carbonyl (C=O) groups is 1. The Hall–Kier alpha value is -3.08. The highest BCUT2D eigenvalue weighted by Crippen LogP contribution is 2.34. The molecule has 0 N–H and O–H groups in total. The number of nitrogens with zero attached hydrogens (tertiary/aromatic N) is 5. The van der Waals surface area contributed by atoms with Crippen LogP contribution in [-0.4, -0.2) is 53.0 Å². The van der Waals surface area contributed by atoms with Crippen molar-refractivity contribution in [3.63, 3.8) is 0 Å². The monoisotopic (exact) mass is 565 g/mol. The van der Waals surface area contributed by atoms with E-state index < -0.39 is 10.0 Å². The molecule has 0 bridgehead atoms. The minimum absolute atomic E-state index is 0.219. The lowest BCUT2D eigenvalue weighted by atomic mass is 10.0. The van der Waals surface area contributed by atoms with Gasteiger partial charge in [-0.2, -0.15) is 9.40 Å². The molecule has 2 aromatic heterocycles. The lowest BCUT2D eigenvalue weighted by Crippen LogP contribution is -2.36. The van der Waals surface area contributed by atoms with E-state index in [0.717, 1.165) is 46.4 Å². The second kappa shape index (κ2) is 11.2. The quantitative estimate of drug-likeness (QED) is 0.271. The molecule has 8 nitrogen and oxygen atoms in total. The van der Waals surface area contributed by atoms with Crippen LogP contribution in [0.4, 0.5) is 5.13 Å². The molecule has 2 aromatic carbocycles. The van der Waals surface area contributed by atoms with Crippen molar-refractivity contribution in [3.05, 3.63) is 71.0 Å². The van der Waals surface area contributed by atoms with E-state index in [2.05, 4.69) is 25.0 Å². The average Bonchev–Trinajstić information content (AvgIpc) is 3.50. The molecule has 0 spiro atoms. The molecular weight excluding hydrogens is 530 g/mol. The van der Waals surface area contributed by atoms with Crippen LogP contribution in [0.1, 0.15) is 66.3 Å². The van der Waals surface area contributed by atoms with Crippen LogP contribution in [0.15, 0.2) is 53.4 Å². The molecular formula is C29H35N5O3S2. The predicted octanol–water partition coefficient (Wildman–Crippen LogP) is 5.75. The molecule has 4 aromatic rings. The van der Waals surface area contributed by atoms with Crippen LogP contribution in [0.3, 0.4) is 0 Å². The number of hydrogen-bond acceptors (Lipinski definition) is 6. The third kappa shape index (κ3) is 5.64. The van der Waals surface area contributed by atoms with Crippen molar-refractivity contribution >= 4 is 42.6 Å². The summed E-state index contributed by atoms with van der Waals surface area (Å²) >= 11 is 1.49. The van der Waals surface area contributed by atoms with Gasteiger partial charge >= 0.3 is 0 Å². The lowest BCUT2D eigenvalue weighted by molar-refractivity contribution is 0.0985. The molecule has 0 aliphatic carbocycles. The second-order valence-electron chi connectivity index (χ2n) is 10.4. The van der Waals surface area contributed by atoms with Crippen molar-refractivity contribution in [3.8, 4) is 0 Å². The van der Waals surface area contributed by atoms with Crippen molar-refractivity contribution in [1.29, 1.82) is 0 Å². The number of fused-ring (bicyclic) bond motifs is 1. The maximum Gasteiger partial charge on any atom is 0.260 e. The summed E-state index contributed by atoms with van der Waals surface area (Å²) in [6.45, 7) is 10.2. The minimum Gasteiger partial charge on any atom is -0.282 e. The summed E-state index contributed by atoms with van der Waals surface area (Å²) in [5, 5.41) is 5.18. The maximum absolute atomic E-state index is 13.9. The number of aryl methyl sites for hydroxylation is 2. The Balaban J connectivity index is 1.47. The third-order valence-electron chi connectivity index (χ3n) is 7.23. The van der Waals surface area contributed by atoms with Crippen molar-refractivity contribution in [2.45, 2.75) is 64.3 Å². The fraction of sp³-hybridized carbons (Fsp3) is 0.414. The first-order valence-electron chi connectivity index (χ1n) is 13.5. The van der Waals surface area contributed by atoms with E-state index in [-0.39, 0.29) is 10.8 Å². The Labute approximate surface area is 234 Å². The number of para-hydroxylation sites is 1. The number of thiazole rings is 1. The molecule has 1 amide bonds. The van der Waals surface area contributed by atoms with Gasteiger partial charge in [-0.25, -0.2) is 13.4 Å². The first-order chi connectivity index (χ1) is 18.6. The maximum atomic E-state index is 13.9. The number of aromatic nitrogens is 3. The Bertz CT molecular complexity index is 1580. The summed E-state index contributed by atoms with van der Waals surface area (Å²) in [6.07, 6.45) is 2.80. The second-order valence-corrected chi connectivity index (χ2v) is 13.4. The highest BCUT2D eigenvalue weighted by Gasteiger charge is 2.27. The molecule has 1 fully saturated rings. The summed E-state index contributed by atoms with van der Waals surface area (Å²) in [6, 6.07) is 14.5. The summed E-state index contributed by atoms with van der Waals surface area (Å²) in [5.41, 5.74) is 4.44. The summed E-state index contributed by atoms with van der Waals surface area (Å²) in [5.74, 6) is 0.0838. The fourth-order valence-corrected chi connectivity index (χ4v) is 7.64. The van der Waals surface area contributed by atoms with Crippen molar-refractivity contribution in [2.75, 3.05) is 24.5 Å². The zero-order chi connectivity index (χ0) is 27.7. The SMILES string of the molecule is Cc1cc(C)n(CCN(C(=O)c2ccc(S(=O)(=O)N3CCCCC3)cc2)c2nc3c(C(C)C)cccc3s2)n1. The van der Waals surface area contributed by atoms with E-state index in [1.165, 1.54) is 11.3 Å². The molecule has 0 saturated carbocycles. The largest absolute Gasteiger partial charge is 0.282 e. The first kappa shape index (κ1) is 27.5. The van der Waals surface area contributed by atoms with Gasteiger partial charge in [-0.3, -0.25) is 14.4 Å². The summed E-state index contributed by atoms with van der Waals surface area (Å²) < 4.78 is 30.7. The van der Waals surface area contributed by atoms with Gasteiger partial charge in [0.1, 0.15) is 0 Å². The molecule has 5 rings (SSSR count). The molecule has 0 atom stereocenters. The van der Waals surface area contributed by atoms with Crippen LogP contribution < -0.4 is 4.90 Å². The number of anilines is 1. The smallest absolute Gasteiger partial charge is 0.260 e. The molecule has 0 unspecified atom stereocenters. The van der Waals surface area contributed by atoms with E-state index in [9.17, 15) is 13.2 Å². The van der Waals surface area contributed by atoms with Gasteiger partial charge in [0.2, 0.25) is 10.0 Å².